The maximum atomic E-state index is 12.8. The Morgan fingerprint density at radius 3 is 2.52 bits per heavy atom. The highest BCUT2D eigenvalue weighted by atomic mass is 19.4. The summed E-state index contributed by atoms with van der Waals surface area (Å²) >= 11 is 0. The Morgan fingerprint density at radius 2 is 2.00 bits per heavy atom. The molecule has 1 atom stereocenters. The van der Waals surface area contributed by atoms with Crippen molar-refractivity contribution in [2.24, 2.45) is 5.73 Å². The highest BCUT2D eigenvalue weighted by molar-refractivity contribution is 5.74. The molecule has 4 N–H and O–H groups in total. The van der Waals surface area contributed by atoms with Gasteiger partial charge in [0, 0.05) is 25.1 Å². The molecule has 1 rings (SSSR count). The number of primary amides is 1. The number of halogens is 3. The van der Waals surface area contributed by atoms with Gasteiger partial charge in [0.05, 0.1) is 0 Å². The molecule has 21 heavy (non-hydrogen) atoms. The highest BCUT2D eigenvalue weighted by Gasteiger charge is 2.35. The summed E-state index contributed by atoms with van der Waals surface area (Å²) in [4.78, 5) is 17.6. The van der Waals surface area contributed by atoms with E-state index in [1.54, 1.807) is 6.92 Å². The zero-order valence-corrected chi connectivity index (χ0v) is 11.8. The van der Waals surface area contributed by atoms with Crippen LogP contribution in [0.4, 0.5) is 24.8 Å². The second-order valence-corrected chi connectivity index (χ2v) is 4.60. The number of nitrogens with one attached hydrogen (secondary N) is 2. The summed E-state index contributed by atoms with van der Waals surface area (Å²) in [5.41, 5.74) is 5.04. The van der Waals surface area contributed by atoms with Crippen LogP contribution in [0.1, 0.15) is 32.5 Å². The predicted octanol–water partition coefficient (Wildman–Crippen LogP) is 1.99. The van der Waals surface area contributed by atoms with Gasteiger partial charge in [-0.25, -0.2) is 9.97 Å². The summed E-state index contributed by atoms with van der Waals surface area (Å²) < 4.78 is 38.3. The molecule has 0 aromatic carbocycles. The number of hydrogen-bond donors (Lipinski definition) is 3. The fraction of sp³-hybridized carbons (Fsp3) is 0.583. The van der Waals surface area contributed by atoms with Gasteiger partial charge in [-0.15, -0.1) is 0 Å². The van der Waals surface area contributed by atoms with Crippen LogP contribution < -0.4 is 16.4 Å². The molecule has 6 nitrogen and oxygen atoms in total. The van der Waals surface area contributed by atoms with Gasteiger partial charge in [0.1, 0.15) is 11.6 Å². The Hall–Kier alpha value is -2.06. The fourth-order valence-electron chi connectivity index (χ4n) is 1.60. The summed E-state index contributed by atoms with van der Waals surface area (Å²) in [6, 6.07) is 0.931. The van der Waals surface area contributed by atoms with Gasteiger partial charge in [0.15, 0.2) is 0 Å². The van der Waals surface area contributed by atoms with Gasteiger partial charge in [0.25, 0.3) is 0 Å². The quantitative estimate of drug-likeness (QED) is 0.716. The maximum Gasteiger partial charge on any atom is 0.451 e. The molecule has 1 amide bonds. The molecule has 0 aliphatic carbocycles. The first-order chi connectivity index (χ1) is 9.72. The van der Waals surface area contributed by atoms with Crippen LogP contribution in [-0.4, -0.2) is 28.5 Å². The number of hydrogen-bond acceptors (Lipinski definition) is 5. The Balaban J connectivity index is 2.98. The summed E-state index contributed by atoms with van der Waals surface area (Å²) in [5, 5.41) is 5.49. The average molecular weight is 305 g/mol. The van der Waals surface area contributed by atoms with Crippen molar-refractivity contribution in [1.82, 2.24) is 9.97 Å². The Labute approximate surface area is 120 Å². The van der Waals surface area contributed by atoms with Crippen molar-refractivity contribution >= 4 is 17.5 Å². The number of carbonyl (C=O) groups is 1. The lowest BCUT2D eigenvalue weighted by molar-refractivity contribution is -0.144. The van der Waals surface area contributed by atoms with E-state index in [-0.39, 0.29) is 18.1 Å². The van der Waals surface area contributed by atoms with Crippen LogP contribution in [-0.2, 0) is 11.0 Å². The summed E-state index contributed by atoms with van der Waals surface area (Å²) in [7, 11) is 0. The lowest BCUT2D eigenvalue weighted by Crippen LogP contribution is -2.25. The van der Waals surface area contributed by atoms with E-state index in [9.17, 15) is 18.0 Å². The van der Waals surface area contributed by atoms with Crippen molar-refractivity contribution in [3.05, 3.63) is 11.9 Å². The molecule has 0 aliphatic heterocycles. The van der Waals surface area contributed by atoms with E-state index in [2.05, 4.69) is 20.6 Å². The number of anilines is 2. The zero-order chi connectivity index (χ0) is 16.0. The van der Waals surface area contributed by atoms with Crippen molar-refractivity contribution in [3.63, 3.8) is 0 Å². The van der Waals surface area contributed by atoms with Crippen LogP contribution >= 0.6 is 0 Å². The Bertz CT molecular complexity index is 492. The molecule has 0 spiro atoms. The third kappa shape index (κ3) is 5.84. The summed E-state index contributed by atoms with van der Waals surface area (Å²) in [6.07, 6.45) is -3.91. The third-order valence-electron chi connectivity index (χ3n) is 2.44. The highest BCUT2D eigenvalue weighted by Crippen LogP contribution is 2.28. The molecule has 118 valence electrons. The number of aromatic nitrogens is 2. The van der Waals surface area contributed by atoms with Gasteiger partial charge in [0.2, 0.25) is 11.7 Å². The molecule has 9 heteroatoms. The van der Waals surface area contributed by atoms with E-state index in [0.29, 0.717) is 6.54 Å². The third-order valence-corrected chi connectivity index (χ3v) is 2.44. The first kappa shape index (κ1) is 17.0. The van der Waals surface area contributed by atoms with Gasteiger partial charge < -0.3 is 16.4 Å². The minimum atomic E-state index is -4.65. The van der Waals surface area contributed by atoms with Crippen LogP contribution in [0.3, 0.4) is 0 Å². The SMILES string of the molecule is CCCNc1cc(NC(C)CC(N)=O)nc(C(F)(F)F)n1. The molecule has 1 heterocycles. The lowest BCUT2D eigenvalue weighted by atomic mass is 10.2. The molecule has 1 aromatic heterocycles. The van der Waals surface area contributed by atoms with E-state index >= 15 is 0 Å². The van der Waals surface area contributed by atoms with Gasteiger partial charge in [-0.05, 0) is 13.3 Å². The Morgan fingerprint density at radius 1 is 1.38 bits per heavy atom. The Kier molecular flexibility index (Phi) is 5.74. The lowest BCUT2D eigenvalue weighted by Gasteiger charge is -2.15. The second-order valence-electron chi connectivity index (χ2n) is 4.60. The number of nitrogens with two attached hydrogens (primary N) is 1. The van der Waals surface area contributed by atoms with Gasteiger partial charge in [-0.2, -0.15) is 13.2 Å². The number of amides is 1. The first-order valence-electron chi connectivity index (χ1n) is 6.47. The minimum Gasteiger partial charge on any atom is -0.370 e. The topological polar surface area (TPSA) is 92.9 Å². The second kappa shape index (κ2) is 7.09. The molecular weight excluding hydrogens is 287 g/mol. The van der Waals surface area contributed by atoms with Gasteiger partial charge >= 0.3 is 6.18 Å². The fourth-order valence-corrected chi connectivity index (χ4v) is 1.60. The van der Waals surface area contributed by atoms with E-state index in [1.165, 1.54) is 6.07 Å². The number of carbonyl (C=O) groups excluding carboxylic acids is 1. The minimum absolute atomic E-state index is 0.00956. The van der Waals surface area contributed by atoms with Crippen LogP contribution in [0.5, 0.6) is 0 Å². The average Bonchev–Trinajstić information content (AvgIpc) is 2.33. The molecule has 1 unspecified atom stereocenters. The molecule has 0 bridgehead atoms. The van der Waals surface area contributed by atoms with Crippen molar-refractivity contribution in [3.8, 4) is 0 Å². The summed E-state index contributed by atoms with van der Waals surface area (Å²) in [5.74, 6) is -1.72. The van der Waals surface area contributed by atoms with Crippen molar-refractivity contribution in [2.45, 2.75) is 38.9 Å². The zero-order valence-electron chi connectivity index (χ0n) is 11.8. The van der Waals surface area contributed by atoms with Crippen LogP contribution in [0.2, 0.25) is 0 Å². The van der Waals surface area contributed by atoms with Crippen molar-refractivity contribution in [1.29, 1.82) is 0 Å². The summed E-state index contributed by atoms with van der Waals surface area (Å²) in [6.45, 7) is 4.00. The van der Waals surface area contributed by atoms with E-state index < -0.39 is 23.9 Å². The van der Waals surface area contributed by atoms with Crippen LogP contribution in [0.25, 0.3) is 0 Å². The number of rotatable bonds is 7. The van der Waals surface area contributed by atoms with Crippen LogP contribution in [0.15, 0.2) is 6.07 Å². The number of alkyl halides is 3. The number of nitrogens with zero attached hydrogens (tertiary/aromatic N) is 2. The van der Waals surface area contributed by atoms with Gasteiger partial charge in [-0.3, -0.25) is 4.79 Å². The van der Waals surface area contributed by atoms with E-state index in [1.807, 2.05) is 6.92 Å². The standard InChI is InChI=1S/C12H18F3N5O/c1-3-4-17-9-6-10(18-7(2)5-8(16)21)20-11(19-9)12(13,14)15/h6-7H,3-5H2,1-2H3,(H2,16,21)(H2,17,18,19,20). The van der Waals surface area contributed by atoms with Gasteiger partial charge in [-0.1, -0.05) is 6.92 Å². The normalized spacial score (nSPS) is 12.8. The van der Waals surface area contributed by atoms with Crippen LogP contribution in [0, 0.1) is 0 Å². The predicted molar refractivity (Wildman–Crippen MR) is 72.7 cm³/mol. The van der Waals surface area contributed by atoms with Crippen molar-refractivity contribution in [2.75, 3.05) is 17.2 Å². The molecular formula is C12H18F3N5O. The first-order valence-corrected chi connectivity index (χ1v) is 6.47. The monoisotopic (exact) mass is 305 g/mol. The molecule has 0 aliphatic rings. The molecule has 0 radical (unpaired) electrons. The van der Waals surface area contributed by atoms with E-state index in [4.69, 9.17) is 5.73 Å². The molecule has 1 aromatic rings. The molecule has 0 fully saturated rings. The molecule has 0 saturated heterocycles. The van der Waals surface area contributed by atoms with Crippen molar-refractivity contribution < 1.29 is 18.0 Å². The smallest absolute Gasteiger partial charge is 0.370 e. The largest absolute Gasteiger partial charge is 0.451 e. The maximum absolute atomic E-state index is 12.8. The van der Waals surface area contributed by atoms with E-state index in [0.717, 1.165) is 6.42 Å². The molecule has 0 saturated carbocycles.